The van der Waals surface area contributed by atoms with Crippen LogP contribution in [0.3, 0.4) is 0 Å². The first-order chi connectivity index (χ1) is 2.77. The smallest absolute Gasteiger partial charge is 0.154 e. The lowest BCUT2D eigenvalue weighted by atomic mass is 10.4. The van der Waals surface area contributed by atoms with Crippen LogP contribution in [0.1, 0.15) is 0 Å². The van der Waals surface area contributed by atoms with Gasteiger partial charge in [0.1, 0.15) is 0 Å². The van der Waals surface area contributed by atoms with E-state index in [2.05, 4.69) is 0 Å². The molecular formula is C3H6ClNO. The van der Waals surface area contributed by atoms with Crippen molar-refractivity contribution in [3.8, 4) is 0 Å². The average molecular weight is 108 g/mol. The highest BCUT2D eigenvalue weighted by Gasteiger charge is 2.38. The Labute approximate surface area is 41.2 Å². The topological polar surface area (TPSA) is 38.5 Å². The molecule has 1 aliphatic rings. The van der Waals surface area contributed by atoms with Gasteiger partial charge in [-0.3, -0.25) is 0 Å². The van der Waals surface area contributed by atoms with E-state index in [9.17, 15) is 0 Å². The maximum Gasteiger partial charge on any atom is 0.154 e. The van der Waals surface area contributed by atoms with E-state index in [-0.39, 0.29) is 0 Å². The molecule has 0 aliphatic carbocycles. The van der Waals surface area contributed by atoms with Crippen LogP contribution in [0.2, 0.25) is 0 Å². The Balaban J connectivity index is 2.28. The fourth-order valence-electron chi connectivity index (χ4n) is 0.170. The molecule has 36 valence electrons. The highest BCUT2D eigenvalue weighted by Crippen LogP contribution is 2.19. The highest BCUT2D eigenvalue weighted by molar-refractivity contribution is 6.18. The molecule has 1 fully saturated rings. The lowest BCUT2D eigenvalue weighted by molar-refractivity contribution is 0.334. The summed E-state index contributed by atoms with van der Waals surface area (Å²) in [5.74, 6) is 0.410. The number of rotatable bonds is 1. The van der Waals surface area contributed by atoms with Gasteiger partial charge in [-0.2, -0.15) is 0 Å². The number of hydrogen-bond donors (Lipinski definition) is 1. The van der Waals surface area contributed by atoms with Gasteiger partial charge >= 0.3 is 0 Å². The van der Waals surface area contributed by atoms with Crippen LogP contribution in [-0.2, 0) is 4.74 Å². The number of halogens is 1. The molecule has 1 rings (SSSR count). The van der Waals surface area contributed by atoms with Gasteiger partial charge in [-0.1, -0.05) is 0 Å². The monoisotopic (exact) mass is 107 g/mol. The fraction of sp³-hybridized carbons (Fsp3) is 1.00. The van der Waals surface area contributed by atoms with Gasteiger partial charge in [0, 0.05) is 0 Å². The van der Waals surface area contributed by atoms with Crippen molar-refractivity contribution in [3.63, 3.8) is 0 Å². The molecule has 0 aromatic rings. The quantitative estimate of drug-likeness (QED) is 0.376. The molecule has 0 aromatic heterocycles. The van der Waals surface area contributed by atoms with Gasteiger partial charge in [0.25, 0.3) is 0 Å². The van der Waals surface area contributed by atoms with Gasteiger partial charge in [-0.25, -0.2) is 0 Å². The Bertz CT molecular complexity index is 61.8. The SMILES string of the molecule is NC1(CCl)CO1. The van der Waals surface area contributed by atoms with Crippen LogP contribution in [0.25, 0.3) is 0 Å². The zero-order valence-electron chi connectivity index (χ0n) is 3.28. The van der Waals surface area contributed by atoms with Crippen molar-refractivity contribution in [1.82, 2.24) is 0 Å². The van der Waals surface area contributed by atoms with Crippen LogP contribution < -0.4 is 5.73 Å². The van der Waals surface area contributed by atoms with Crippen LogP contribution >= 0.6 is 11.6 Å². The summed E-state index contributed by atoms with van der Waals surface area (Å²) in [7, 11) is 0. The maximum absolute atomic E-state index is 5.29. The van der Waals surface area contributed by atoms with Crippen LogP contribution in [0, 0.1) is 0 Å². The molecule has 3 heteroatoms. The van der Waals surface area contributed by atoms with Crippen molar-refractivity contribution in [1.29, 1.82) is 0 Å². The summed E-state index contributed by atoms with van der Waals surface area (Å²) in [4.78, 5) is 0. The normalized spacial score (nSPS) is 43.0. The summed E-state index contributed by atoms with van der Waals surface area (Å²) in [6.07, 6.45) is 0. The molecule has 0 amide bonds. The number of epoxide rings is 1. The molecular weight excluding hydrogens is 101 g/mol. The first-order valence-electron chi connectivity index (χ1n) is 1.76. The predicted molar refractivity (Wildman–Crippen MR) is 23.6 cm³/mol. The molecule has 1 atom stereocenters. The van der Waals surface area contributed by atoms with Crippen molar-refractivity contribution in [3.05, 3.63) is 0 Å². The minimum atomic E-state index is -0.443. The zero-order chi connectivity index (χ0) is 4.62. The average Bonchev–Trinajstić information content (AvgIpc) is 2.22. The molecule has 0 spiro atoms. The van der Waals surface area contributed by atoms with Gasteiger partial charge in [-0.15, -0.1) is 11.6 Å². The van der Waals surface area contributed by atoms with Gasteiger partial charge in [-0.05, 0) is 0 Å². The van der Waals surface area contributed by atoms with Gasteiger partial charge in [0.2, 0.25) is 0 Å². The number of ether oxygens (including phenoxy) is 1. The minimum absolute atomic E-state index is 0.410. The van der Waals surface area contributed by atoms with Crippen molar-refractivity contribution >= 4 is 11.6 Å². The summed E-state index contributed by atoms with van der Waals surface area (Å²) >= 11 is 5.29. The van der Waals surface area contributed by atoms with Crippen molar-refractivity contribution < 1.29 is 4.74 Å². The van der Waals surface area contributed by atoms with Gasteiger partial charge < -0.3 is 10.5 Å². The second kappa shape index (κ2) is 1.09. The molecule has 1 unspecified atom stereocenters. The minimum Gasteiger partial charge on any atom is -0.353 e. The molecule has 1 aliphatic heterocycles. The van der Waals surface area contributed by atoms with E-state index in [0.717, 1.165) is 0 Å². The number of hydrogen-bond acceptors (Lipinski definition) is 2. The zero-order valence-corrected chi connectivity index (χ0v) is 4.03. The largest absolute Gasteiger partial charge is 0.353 e. The molecule has 0 saturated carbocycles. The number of alkyl halides is 1. The molecule has 1 heterocycles. The van der Waals surface area contributed by atoms with E-state index in [0.29, 0.717) is 12.5 Å². The van der Waals surface area contributed by atoms with Crippen molar-refractivity contribution in [2.24, 2.45) is 5.73 Å². The summed E-state index contributed by atoms with van der Waals surface area (Å²) in [6.45, 7) is 0.622. The lowest BCUT2D eigenvalue weighted by Gasteiger charge is -1.91. The Morgan fingerprint density at radius 1 is 2.00 bits per heavy atom. The summed E-state index contributed by atoms with van der Waals surface area (Å²) in [6, 6.07) is 0. The molecule has 2 N–H and O–H groups in total. The summed E-state index contributed by atoms with van der Waals surface area (Å²) in [5, 5.41) is 0. The first-order valence-corrected chi connectivity index (χ1v) is 2.29. The van der Waals surface area contributed by atoms with Crippen LogP contribution in [0.5, 0.6) is 0 Å². The number of nitrogens with two attached hydrogens (primary N) is 1. The van der Waals surface area contributed by atoms with Crippen LogP contribution in [0.4, 0.5) is 0 Å². The van der Waals surface area contributed by atoms with Crippen LogP contribution in [0.15, 0.2) is 0 Å². The summed E-state index contributed by atoms with van der Waals surface area (Å²) in [5.41, 5.74) is 4.85. The Hall–Kier alpha value is 0.210. The third kappa shape index (κ3) is 0.644. The Kier molecular flexibility index (Phi) is 0.793. The molecule has 2 nitrogen and oxygen atoms in total. The first kappa shape index (κ1) is 4.37. The Morgan fingerprint density at radius 2 is 2.50 bits per heavy atom. The standard InChI is InChI=1S/C3H6ClNO/c4-1-3(5)2-6-3/h1-2,5H2. The predicted octanol–water partition coefficient (Wildman–Crippen LogP) is -0.0896. The molecule has 0 bridgehead atoms. The molecule has 0 aromatic carbocycles. The van der Waals surface area contributed by atoms with E-state index < -0.39 is 5.72 Å². The van der Waals surface area contributed by atoms with Crippen molar-refractivity contribution in [2.45, 2.75) is 5.72 Å². The highest BCUT2D eigenvalue weighted by atomic mass is 35.5. The van der Waals surface area contributed by atoms with Crippen LogP contribution in [-0.4, -0.2) is 18.2 Å². The second-order valence-corrected chi connectivity index (χ2v) is 1.75. The fourth-order valence-corrected chi connectivity index (χ4v) is 0.324. The van der Waals surface area contributed by atoms with E-state index >= 15 is 0 Å². The van der Waals surface area contributed by atoms with E-state index in [1.165, 1.54) is 0 Å². The summed E-state index contributed by atoms with van der Waals surface area (Å²) < 4.78 is 4.69. The second-order valence-electron chi connectivity index (χ2n) is 1.49. The third-order valence-corrected chi connectivity index (χ3v) is 1.19. The van der Waals surface area contributed by atoms with Crippen molar-refractivity contribution in [2.75, 3.05) is 12.5 Å². The maximum atomic E-state index is 5.29. The molecule has 0 radical (unpaired) electrons. The molecule has 1 saturated heterocycles. The van der Waals surface area contributed by atoms with E-state index in [4.69, 9.17) is 22.1 Å². The van der Waals surface area contributed by atoms with E-state index in [1.807, 2.05) is 0 Å². The molecule has 6 heavy (non-hydrogen) atoms. The lowest BCUT2D eigenvalue weighted by Crippen LogP contribution is -2.25. The van der Waals surface area contributed by atoms with E-state index in [1.54, 1.807) is 0 Å². The Morgan fingerprint density at radius 3 is 2.50 bits per heavy atom. The van der Waals surface area contributed by atoms with Gasteiger partial charge in [0.15, 0.2) is 5.72 Å². The third-order valence-electron chi connectivity index (χ3n) is 0.741. The van der Waals surface area contributed by atoms with Gasteiger partial charge in [0.05, 0.1) is 12.5 Å².